The van der Waals surface area contributed by atoms with Gasteiger partial charge in [0.2, 0.25) is 0 Å². The van der Waals surface area contributed by atoms with Crippen molar-refractivity contribution in [3.05, 3.63) is 41.0 Å². The number of anilines is 1. The summed E-state index contributed by atoms with van der Waals surface area (Å²) in [6.07, 6.45) is 0. The fourth-order valence-electron chi connectivity index (χ4n) is 1.32. The molecule has 0 amide bonds. The predicted molar refractivity (Wildman–Crippen MR) is 61.6 cm³/mol. The predicted octanol–water partition coefficient (Wildman–Crippen LogP) is 2.69. The van der Waals surface area contributed by atoms with Crippen molar-refractivity contribution in [3.63, 3.8) is 0 Å². The molecule has 0 aliphatic heterocycles. The molecule has 0 aliphatic carbocycles. The second-order valence-corrected chi connectivity index (χ2v) is 3.70. The van der Waals surface area contributed by atoms with Gasteiger partial charge in [-0.2, -0.15) is 0 Å². The molecule has 0 spiro atoms. The minimum Gasteiger partial charge on any atom is -0.384 e. The van der Waals surface area contributed by atoms with E-state index in [0.29, 0.717) is 16.7 Å². The molecular weight excluding hydrogens is 210 g/mol. The first kappa shape index (κ1) is 9.93. The highest BCUT2D eigenvalue weighted by Crippen LogP contribution is 2.19. The van der Waals surface area contributed by atoms with Crippen LogP contribution in [0.15, 0.2) is 30.3 Å². The smallest absolute Gasteiger partial charge is 0.161 e. The van der Waals surface area contributed by atoms with Crippen molar-refractivity contribution >= 4 is 17.4 Å². The lowest BCUT2D eigenvalue weighted by atomic mass is 10.2. The molecule has 0 radical (unpaired) electrons. The van der Waals surface area contributed by atoms with Gasteiger partial charge in [-0.3, -0.25) is 0 Å². The van der Waals surface area contributed by atoms with Crippen molar-refractivity contribution in [2.45, 2.75) is 6.92 Å². The second kappa shape index (κ2) is 3.87. The van der Waals surface area contributed by atoms with Crippen LogP contribution in [0.5, 0.6) is 0 Å². The van der Waals surface area contributed by atoms with E-state index in [4.69, 9.17) is 17.3 Å². The van der Waals surface area contributed by atoms with Crippen LogP contribution >= 0.6 is 11.6 Å². The van der Waals surface area contributed by atoms with E-state index in [-0.39, 0.29) is 0 Å². The number of hydrogen-bond donors (Lipinski definition) is 1. The third-order valence-electron chi connectivity index (χ3n) is 1.98. The molecule has 0 unspecified atom stereocenters. The quantitative estimate of drug-likeness (QED) is 0.802. The van der Waals surface area contributed by atoms with Crippen molar-refractivity contribution in [3.8, 4) is 11.4 Å². The van der Waals surface area contributed by atoms with Crippen molar-refractivity contribution in [2.75, 3.05) is 5.73 Å². The molecule has 15 heavy (non-hydrogen) atoms. The van der Waals surface area contributed by atoms with Crippen molar-refractivity contribution in [1.29, 1.82) is 0 Å². The standard InChI is InChI=1S/C11H10ClN3/c1-7-6-10(13)15-11(14-7)8-2-4-9(12)5-3-8/h2-6H,1H3,(H2,13,14,15). The molecule has 2 N–H and O–H groups in total. The Kier molecular flexibility index (Phi) is 2.56. The van der Waals surface area contributed by atoms with Gasteiger partial charge in [0.05, 0.1) is 0 Å². The lowest BCUT2D eigenvalue weighted by molar-refractivity contribution is 1.12. The zero-order valence-electron chi connectivity index (χ0n) is 8.24. The van der Waals surface area contributed by atoms with Crippen LogP contribution in [0.25, 0.3) is 11.4 Å². The first-order valence-electron chi connectivity index (χ1n) is 4.52. The maximum atomic E-state index is 5.80. The summed E-state index contributed by atoms with van der Waals surface area (Å²) in [6.45, 7) is 1.89. The lowest BCUT2D eigenvalue weighted by Gasteiger charge is -2.02. The van der Waals surface area contributed by atoms with E-state index >= 15 is 0 Å². The second-order valence-electron chi connectivity index (χ2n) is 3.26. The van der Waals surface area contributed by atoms with Crippen molar-refractivity contribution in [1.82, 2.24) is 9.97 Å². The Labute approximate surface area is 92.9 Å². The van der Waals surface area contributed by atoms with Crippen LogP contribution in [0.1, 0.15) is 5.69 Å². The number of aromatic nitrogens is 2. The molecule has 0 bridgehead atoms. The normalized spacial score (nSPS) is 10.3. The molecule has 2 rings (SSSR count). The van der Waals surface area contributed by atoms with Gasteiger partial charge in [-0.1, -0.05) is 11.6 Å². The van der Waals surface area contributed by atoms with Crippen LogP contribution in [-0.4, -0.2) is 9.97 Å². The topological polar surface area (TPSA) is 51.8 Å². The van der Waals surface area contributed by atoms with Gasteiger partial charge in [-0.25, -0.2) is 9.97 Å². The van der Waals surface area contributed by atoms with Crippen LogP contribution in [0.2, 0.25) is 5.02 Å². The highest BCUT2D eigenvalue weighted by Gasteiger charge is 2.02. The molecule has 0 aliphatic rings. The van der Waals surface area contributed by atoms with Crippen molar-refractivity contribution in [2.24, 2.45) is 0 Å². The van der Waals surface area contributed by atoms with Crippen LogP contribution in [0, 0.1) is 6.92 Å². The zero-order valence-corrected chi connectivity index (χ0v) is 8.99. The Balaban J connectivity index is 2.49. The molecule has 1 aromatic carbocycles. The molecular formula is C11H10ClN3. The SMILES string of the molecule is Cc1cc(N)nc(-c2ccc(Cl)cc2)n1. The Bertz CT molecular complexity index is 459. The molecule has 2 aromatic rings. The van der Waals surface area contributed by atoms with E-state index < -0.39 is 0 Å². The molecule has 0 saturated carbocycles. The lowest BCUT2D eigenvalue weighted by Crippen LogP contribution is -1.97. The third-order valence-corrected chi connectivity index (χ3v) is 2.23. The maximum absolute atomic E-state index is 5.80. The zero-order chi connectivity index (χ0) is 10.8. The fraction of sp³-hybridized carbons (Fsp3) is 0.0909. The Morgan fingerprint density at radius 3 is 2.40 bits per heavy atom. The van der Waals surface area contributed by atoms with Gasteiger partial charge in [0.25, 0.3) is 0 Å². The van der Waals surface area contributed by atoms with E-state index in [0.717, 1.165) is 11.3 Å². The summed E-state index contributed by atoms with van der Waals surface area (Å²) in [5, 5.41) is 0.694. The number of nitrogen functional groups attached to an aromatic ring is 1. The third kappa shape index (κ3) is 2.25. The maximum Gasteiger partial charge on any atom is 0.161 e. The Hall–Kier alpha value is -1.61. The highest BCUT2D eigenvalue weighted by atomic mass is 35.5. The number of hydrogen-bond acceptors (Lipinski definition) is 3. The molecule has 1 aromatic heterocycles. The largest absolute Gasteiger partial charge is 0.384 e. The first-order chi connectivity index (χ1) is 7.15. The van der Waals surface area contributed by atoms with Gasteiger partial charge in [0.1, 0.15) is 5.82 Å². The molecule has 0 fully saturated rings. The number of halogens is 1. The molecule has 0 saturated heterocycles. The van der Waals surface area contributed by atoms with Crippen LogP contribution < -0.4 is 5.73 Å². The Morgan fingerprint density at radius 2 is 1.80 bits per heavy atom. The summed E-state index contributed by atoms with van der Waals surface area (Å²) < 4.78 is 0. The van der Waals surface area contributed by atoms with Gasteiger partial charge in [-0.05, 0) is 31.2 Å². The van der Waals surface area contributed by atoms with E-state index in [1.807, 2.05) is 19.1 Å². The highest BCUT2D eigenvalue weighted by molar-refractivity contribution is 6.30. The number of rotatable bonds is 1. The number of benzene rings is 1. The minimum atomic E-state index is 0.479. The van der Waals surface area contributed by atoms with Gasteiger partial charge < -0.3 is 5.73 Å². The van der Waals surface area contributed by atoms with Gasteiger partial charge in [0.15, 0.2) is 5.82 Å². The molecule has 76 valence electrons. The van der Waals surface area contributed by atoms with Crippen LogP contribution in [-0.2, 0) is 0 Å². The Morgan fingerprint density at radius 1 is 1.13 bits per heavy atom. The van der Waals surface area contributed by atoms with E-state index in [1.54, 1.807) is 18.2 Å². The summed E-state index contributed by atoms with van der Waals surface area (Å²) in [5.74, 6) is 1.11. The van der Waals surface area contributed by atoms with Crippen molar-refractivity contribution < 1.29 is 0 Å². The summed E-state index contributed by atoms with van der Waals surface area (Å²) in [6, 6.07) is 9.09. The van der Waals surface area contributed by atoms with Gasteiger partial charge in [0, 0.05) is 22.3 Å². The van der Waals surface area contributed by atoms with Gasteiger partial charge >= 0.3 is 0 Å². The average molecular weight is 220 g/mol. The first-order valence-corrected chi connectivity index (χ1v) is 4.90. The molecule has 0 atom stereocenters. The average Bonchev–Trinajstić information content (AvgIpc) is 2.17. The van der Waals surface area contributed by atoms with Gasteiger partial charge in [-0.15, -0.1) is 0 Å². The summed E-state index contributed by atoms with van der Waals surface area (Å²) in [7, 11) is 0. The summed E-state index contributed by atoms with van der Waals surface area (Å²) >= 11 is 5.80. The number of nitrogens with zero attached hydrogens (tertiary/aromatic N) is 2. The molecule has 3 nitrogen and oxygen atoms in total. The fourth-order valence-corrected chi connectivity index (χ4v) is 1.45. The monoisotopic (exact) mass is 219 g/mol. The van der Waals surface area contributed by atoms with E-state index in [2.05, 4.69) is 9.97 Å². The molecule has 4 heteroatoms. The van der Waals surface area contributed by atoms with E-state index in [1.165, 1.54) is 0 Å². The molecule has 1 heterocycles. The minimum absolute atomic E-state index is 0.479. The van der Waals surface area contributed by atoms with Crippen LogP contribution in [0.4, 0.5) is 5.82 Å². The number of aryl methyl sites for hydroxylation is 1. The van der Waals surface area contributed by atoms with Crippen LogP contribution in [0.3, 0.4) is 0 Å². The summed E-state index contributed by atoms with van der Waals surface area (Å²) in [4.78, 5) is 8.46. The summed E-state index contributed by atoms with van der Waals surface area (Å²) in [5.41, 5.74) is 7.42. The number of nitrogens with two attached hydrogens (primary N) is 1. The van der Waals surface area contributed by atoms with E-state index in [9.17, 15) is 0 Å².